The van der Waals surface area contributed by atoms with Crippen molar-refractivity contribution < 1.29 is 18.3 Å². The smallest absolute Gasteiger partial charge is 0.255 e. The van der Waals surface area contributed by atoms with Crippen molar-refractivity contribution in [1.29, 1.82) is 0 Å². The predicted octanol–water partition coefficient (Wildman–Crippen LogP) is 3.38. The van der Waals surface area contributed by atoms with Crippen molar-refractivity contribution in [3.05, 3.63) is 53.7 Å². The van der Waals surface area contributed by atoms with E-state index in [0.29, 0.717) is 12.3 Å². The number of benzene rings is 1. The number of methoxy groups -OCH3 is 1. The second kappa shape index (κ2) is 8.16. The van der Waals surface area contributed by atoms with Gasteiger partial charge >= 0.3 is 0 Å². The van der Waals surface area contributed by atoms with Crippen LogP contribution >= 0.6 is 0 Å². The highest BCUT2D eigenvalue weighted by atomic mass is 19.1. The molecular weight excluding hydrogens is 323 g/mol. The monoisotopic (exact) mass is 346 g/mol. The molecule has 1 aromatic carbocycles. The maximum absolute atomic E-state index is 13.5. The number of carbonyl (C=O) groups is 1. The fourth-order valence-corrected chi connectivity index (χ4v) is 3.26. The lowest BCUT2D eigenvalue weighted by molar-refractivity contribution is 0.0910. The minimum atomic E-state index is -0.468. The van der Waals surface area contributed by atoms with E-state index in [2.05, 4.69) is 10.2 Å². The molecule has 5 nitrogen and oxygen atoms in total. The average molecular weight is 346 g/mol. The lowest BCUT2D eigenvalue weighted by Gasteiger charge is -2.33. The van der Waals surface area contributed by atoms with E-state index in [9.17, 15) is 9.18 Å². The van der Waals surface area contributed by atoms with Crippen LogP contribution in [0.5, 0.6) is 5.75 Å². The van der Waals surface area contributed by atoms with Gasteiger partial charge in [0.15, 0.2) is 0 Å². The van der Waals surface area contributed by atoms with Crippen LogP contribution in [0, 0.1) is 5.82 Å². The van der Waals surface area contributed by atoms with Gasteiger partial charge in [0.25, 0.3) is 5.91 Å². The van der Waals surface area contributed by atoms with E-state index in [4.69, 9.17) is 9.15 Å². The number of rotatable bonds is 6. The zero-order valence-electron chi connectivity index (χ0n) is 14.3. The number of halogens is 1. The predicted molar refractivity (Wildman–Crippen MR) is 92.2 cm³/mol. The third-order valence-electron chi connectivity index (χ3n) is 4.57. The highest BCUT2D eigenvalue weighted by Crippen LogP contribution is 2.25. The Bertz CT molecular complexity index is 697. The number of nitrogens with one attached hydrogen (secondary N) is 1. The molecule has 3 rings (SSSR count). The number of amides is 1. The molecule has 0 saturated carbocycles. The molecule has 1 aliphatic rings. The van der Waals surface area contributed by atoms with Gasteiger partial charge in [-0.05, 0) is 56.3 Å². The molecule has 25 heavy (non-hydrogen) atoms. The van der Waals surface area contributed by atoms with Gasteiger partial charge in [-0.25, -0.2) is 4.39 Å². The molecular formula is C19H23FN2O3. The number of likely N-dealkylation sites (tertiary alicyclic amines) is 1. The molecule has 1 saturated heterocycles. The van der Waals surface area contributed by atoms with Crippen molar-refractivity contribution in [2.24, 2.45) is 0 Å². The van der Waals surface area contributed by atoms with Crippen LogP contribution in [0.1, 0.15) is 41.4 Å². The Morgan fingerprint density at radius 1 is 1.32 bits per heavy atom. The topological polar surface area (TPSA) is 54.7 Å². The van der Waals surface area contributed by atoms with Gasteiger partial charge in [-0.2, -0.15) is 0 Å². The number of nitrogens with zero attached hydrogens (tertiary/aromatic N) is 1. The summed E-state index contributed by atoms with van der Waals surface area (Å²) < 4.78 is 24.2. The van der Waals surface area contributed by atoms with Gasteiger partial charge in [-0.15, -0.1) is 0 Å². The molecule has 0 bridgehead atoms. The molecule has 1 amide bonds. The molecule has 0 radical (unpaired) electrons. The van der Waals surface area contributed by atoms with Gasteiger partial charge < -0.3 is 14.5 Å². The van der Waals surface area contributed by atoms with Gasteiger partial charge in [-0.3, -0.25) is 9.69 Å². The number of hydrogen-bond donors (Lipinski definition) is 1. The molecule has 134 valence electrons. The van der Waals surface area contributed by atoms with E-state index in [1.165, 1.54) is 31.7 Å². The quantitative estimate of drug-likeness (QED) is 0.871. The minimum absolute atomic E-state index is 0.0289. The van der Waals surface area contributed by atoms with Crippen LogP contribution in [0.3, 0.4) is 0 Å². The van der Waals surface area contributed by atoms with Crippen molar-refractivity contribution in [3.63, 3.8) is 0 Å². The van der Waals surface area contributed by atoms with Crippen LogP contribution in [0.15, 0.2) is 41.0 Å². The molecule has 2 heterocycles. The Labute approximate surface area is 146 Å². The van der Waals surface area contributed by atoms with Gasteiger partial charge in [0.05, 0.1) is 25.0 Å². The van der Waals surface area contributed by atoms with Gasteiger partial charge in [0.1, 0.15) is 17.3 Å². The van der Waals surface area contributed by atoms with Crippen LogP contribution in [-0.4, -0.2) is 37.6 Å². The number of ether oxygens (including phenoxy) is 1. The molecule has 1 unspecified atom stereocenters. The fraction of sp³-hybridized carbons (Fsp3) is 0.421. The van der Waals surface area contributed by atoms with E-state index < -0.39 is 5.82 Å². The van der Waals surface area contributed by atoms with Gasteiger partial charge in [-0.1, -0.05) is 6.42 Å². The maximum atomic E-state index is 13.5. The summed E-state index contributed by atoms with van der Waals surface area (Å²) >= 11 is 0. The second-order valence-electron chi connectivity index (χ2n) is 6.18. The number of hydrogen-bond acceptors (Lipinski definition) is 4. The number of furan rings is 1. The van der Waals surface area contributed by atoms with E-state index in [-0.39, 0.29) is 17.5 Å². The molecule has 6 heteroatoms. The summed E-state index contributed by atoms with van der Waals surface area (Å²) in [6.45, 7) is 2.35. The number of piperidine rings is 1. The summed E-state index contributed by atoms with van der Waals surface area (Å²) in [7, 11) is 1.46. The minimum Gasteiger partial charge on any atom is -0.496 e. The van der Waals surface area contributed by atoms with E-state index in [1.807, 2.05) is 12.1 Å². The Hall–Kier alpha value is -2.34. The van der Waals surface area contributed by atoms with Crippen LogP contribution < -0.4 is 10.1 Å². The normalized spacial score (nSPS) is 16.4. The standard InChI is InChI=1S/C19H23FN2O3/c1-24-17-8-7-14(20)12-15(17)19(23)21-13-16(18-6-5-11-25-18)22-9-3-2-4-10-22/h5-8,11-12,16H,2-4,9-10,13H2,1H3,(H,21,23). The van der Waals surface area contributed by atoms with Crippen molar-refractivity contribution in [2.75, 3.05) is 26.7 Å². The van der Waals surface area contributed by atoms with Crippen molar-refractivity contribution >= 4 is 5.91 Å². The Balaban J connectivity index is 1.72. The van der Waals surface area contributed by atoms with Crippen molar-refractivity contribution in [3.8, 4) is 5.75 Å². The first-order chi connectivity index (χ1) is 12.2. The van der Waals surface area contributed by atoms with Crippen LogP contribution in [0.4, 0.5) is 4.39 Å². The van der Waals surface area contributed by atoms with E-state index >= 15 is 0 Å². The summed E-state index contributed by atoms with van der Waals surface area (Å²) in [5.41, 5.74) is 0.194. The third kappa shape index (κ3) is 4.20. The van der Waals surface area contributed by atoms with Crippen LogP contribution in [0.25, 0.3) is 0 Å². The summed E-state index contributed by atoms with van der Waals surface area (Å²) in [5, 5.41) is 2.90. The maximum Gasteiger partial charge on any atom is 0.255 e. The zero-order chi connectivity index (χ0) is 17.6. The summed E-state index contributed by atoms with van der Waals surface area (Å²) in [6.07, 6.45) is 5.16. The number of carbonyl (C=O) groups excluding carboxylic acids is 1. The summed E-state index contributed by atoms with van der Waals surface area (Å²) in [4.78, 5) is 14.9. The fourth-order valence-electron chi connectivity index (χ4n) is 3.26. The SMILES string of the molecule is COc1ccc(F)cc1C(=O)NCC(c1ccco1)N1CCCCC1. The first-order valence-corrected chi connectivity index (χ1v) is 8.58. The summed E-state index contributed by atoms with van der Waals surface area (Å²) in [6, 6.07) is 7.67. The molecule has 1 aromatic heterocycles. The highest BCUT2D eigenvalue weighted by molar-refractivity contribution is 5.96. The molecule has 1 fully saturated rings. The lowest BCUT2D eigenvalue weighted by atomic mass is 10.1. The van der Waals surface area contributed by atoms with Crippen molar-refractivity contribution in [1.82, 2.24) is 10.2 Å². The molecule has 0 spiro atoms. The van der Waals surface area contributed by atoms with E-state index in [0.717, 1.165) is 31.7 Å². The Morgan fingerprint density at radius 2 is 2.12 bits per heavy atom. The zero-order valence-corrected chi connectivity index (χ0v) is 14.3. The second-order valence-corrected chi connectivity index (χ2v) is 6.18. The lowest BCUT2D eigenvalue weighted by Crippen LogP contribution is -2.40. The molecule has 1 N–H and O–H groups in total. The molecule has 2 aromatic rings. The van der Waals surface area contributed by atoms with Crippen LogP contribution in [-0.2, 0) is 0 Å². The highest BCUT2D eigenvalue weighted by Gasteiger charge is 2.25. The largest absolute Gasteiger partial charge is 0.496 e. The third-order valence-corrected chi connectivity index (χ3v) is 4.57. The first kappa shape index (κ1) is 17.5. The Kier molecular flexibility index (Phi) is 5.71. The van der Waals surface area contributed by atoms with Gasteiger partial charge in [0, 0.05) is 6.54 Å². The summed E-state index contributed by atoms with van der Waals surface area (Å²) in [5.74, 6) is 0.356. The average Bonchev–Trinajstić information content (AvgIpc) is 3.17. The molecule has 1 aliphatic heterocycles. The molecule has 1 atom stereocenters. The van der Waals surface area contributed by atoms with Crippen molar-refractivity contribution in [2.45, 2.75) is 25.3 Å². The molecule has 0 aliphatic carbocycles. The van der Waals surface area contributed by atoms with Crippen LogP contribution in [0.2, 0.25) is 0 Å². The Morgan fingerprint density at radius 3 is 2.80 bits per heavy atom. The van der Waals surface area contributed by atoms with Gasteiger partial charge in [0.2, 0.25) is 0 Å². The first-order valence-electron chi connectivity index (χ1n) is 8.58. The van der Waals surface area contributed by atoms with E-state index in [1.54, 1.807) is 6.26 Å².